The van der Waals surface area contributed by atoms with Crippen molar-refractivity contribution < 1.29 is 14.3 Å². The number of rotatable bonds is 6. The van der Waals surface area contributed by atoms with Crippen LogP contribution >= 0.6 is 0 Å². The number of carbonyl (C=O) groups excluding carboxylic acids is 2. The Bertz CT molecular complexity index is 772. The van der Waals surface area contributed by atoms with E-state index in [4.69, 9.17) is 4.74 Å². The van der Waals surface area contributed by atoms with Gasteiger partial charge < -0.3 is 19.9 Å². The first-order chi connectivity index (χ1) is 13.7. The van der Waals surface area contributed by atoms with E-state index >= 15 is 0 Å². The molecule has 1 N–H and O–H groups in total. The molecule has 1 fully saturated rings. The highest BCUT2D eigenvalue weighted by Crippen LogP contribution is 2.18. The van der Waals surface area contributed by atoms with Gasteiger partial charge in [0.15, 0.2) is 0 Å². The lowest BCUT2D eigenvalue weighted by Gasteiger charge is -2.35. The fraction of sp³-hybridized carbons (Fsp3) is 0.381. The maximum absolute atomic E-state index is 12.1. The first-order valence-corrected chi connectivity index (χ1v) is 9.62. The molecule has 0 saturated carbocycles. The number of aromatic nitrogens is 1. The van der Waals surface area contributed by atoms with Crippen LogP contribution in [0.5, 0.6) is 0 Å². The third-order valence-corrected chi connectivity index (χ3v) is 4.67. The van der Waals surface area contributed by atoms with E-state index in [1.165, 1.54) is 0 Å². The van der Waals surface area contributed by atoms with Crippen LogP contribution in [0.25, 0.3) is 0 Å². The van der Waals surface area contributed by atoms with Crippen molar-refractivity contribution in [2.75, 3.05) is 43.0 Å². The number of hydrogen-bond donors (Lipinski definition) is 1. The second kappa shape index (κ2) is 9.73. The van der Waals surface area contributed by atoms with E-state index in [1.807, 2.05) is 49.4 Å². The van der Waals surface area contributed by atoms with E-state index in [-0.39, 0.29) is 12.0 Å². The van der Waals surface area contributed by atoms with Crippen molar-refractivity contribution in [1.82, 2.24) is 9.88 Å². The molecule has 7 heteroatoms. The van der Waals surface area contributed by atoms with Crippen LogP contribution < -0.4 is 10.2 Å². The lowest BCUT2D eigenvalue weighted by Crippen LogP contribution is -2.49. The quantitative estimate of drug-likeness (QED) is 0.831. The highest BCUT2D eigenvalue weighted by Gasteiger charge is 2.22. The normalized spacial score (nSPS) is 13.9. The summed E-state index contributed by atoms with van der Waals surface area (Å²) >= 11 is 0. The Morgan fingerprint density at radius 2 is 1.82 bits per heavy atom. The average Bonchev–Trinajstić information content (AvgIpc) is 2.74. The molecule has 1 aliphatic rings. The molecule has 0 bridgehead atoms. The predicted octanol–water partition coefficient (Wildman–Crippen LogP) is 2.93. The molecule has 0 atom stereocenters. The topological polar surface area (TPSA) is 74.8 Å². The molecule has 1 aromatic carbocycles. The molecule has 1 aromatic heterocycles. The zero-order valence-corrected chi connectivity index (χ0v) is 16.1. The van der Waals surface area contributed by atoms with Crippen LogP contribution in [-0.2, 0) is 16.0 Å². The van der Waals surface area contributed by atoms with E-state index in [1.54, 1.807) is 11.1 Å². The predicted molar refractivity (Wildman–Crippen MR) is 108 cm³/mol. The largest absolute Gasteiger partial charge is 0.450 e. The monoisotopic (exact) mass is 382 g/mol. The highest BCUT2D eigenvalue weighted by atomic mass is 16.6. The third kappa shape index (κ3) is 5.45. The fourth-order valence-electron chi connectivity index (χ4n) is 3.12. The van der Waals surface area contributed by atoms with Gasteiger partial charge in [-0.05, 0) is 31.0 Å². The molecular formula is C21H26N4O3. The van der Waals surface area contributed by atoms with Gasteiger partial charge in [0.2, 0.25) is 5.91 Å². The van der Waals surface area contributed by atoms with Crippen molar-refractivity contribution in [1.29, 1.82) is 0 Å². The minimum absolute atomic E-state index is 0.0489. The molecule has 2 amide bonds. The van der Waals surface area contributed by atoms with Crippen LogP contribution in [0.3, 0.4) is 0 Å². The first-order valence-electron chi connectivity index (χ1n) is 9.62. The Labute approximate surface area is 165 Å². The van der Waals surface area contributed by atoms with E-state index in [0.29, 0.717) is 38.4 Å². The lowest BCUT2D eigenvalue weighted by atomic mass is 10.1. The number of benzene rings is 1. The number of pyridine rings is 1. The van der Waals surface area contributed by atoms with Gasteiger partial charge >= 0.3 is 6.09 Å². The summed E-state index contributed by atoms with van der Waals surface area (Å²) in [6.45, 7) is 4.89. The number of nitrogens with zero attached hydrogens (tertiary/aromatic N) is 3. The summed E-state index contributed by atoms with van der Waals surface area (Å²) in [5.74, 6) is 0.499. The Hall–Kier alpha value is -3.09. The summed E-state index contributed by atoms with van der Waals surface area (Å²) in [4.78, 5) is 32.1. The van der Waals surface area contributed by atoms with Crippen molar-refractivity contribution in [3.8, 4) is 0 Å². The van der Waals surface area contributed by atoms with Crippen molar-refractivity contribution >= 4 is 23.5 Å². The Kier molecular flexibility index (Phi) is 6.84. The smallest absolute Gasteiger partial charge is 0.409 e. The number of amides is 2. The average molecular weight is 382 g/mol. The minimum Gasteiger partial charge on any atom is -0.450 e. The Morgan fingerprint density at radius 3 is 2.46 bits per heavy atom. The lowest BCUT2D eigenvalue weighted by molar-refractivity contribution is -0.116. The summed E-state index contributed by atoms with van der Waals surface area (Å²) < 4.78 is 5.04. The second-order valence-electron chi connectivity index (χ2n) is 6.61. The molecule has 2 heterocycles. The SMILES string of the molecule is CCOC(=O)N1CCN(c2ccc(NC(=O)CCc3ccccc3)nc2)CC1. The van der Waals surface area contributed by atoms with Gasteiger partial charge in [0.25, 0.3) is 0 Å². The van der Waals surface area contributed by atoms with E-state index in [9.17, 15) is 9.59 Å². The molecule has 7 nitrogen and oxygen atoms in total. The number of hydrogen-bond acceptors (Lipinski definition) is 5. The molecule has 1 aliphatic heterocycles. The van der Waals surface area contributed by atoms with Crippen molar-refractivity contribution in [3.63, 3.8) is 0 Å². The summed E-state index contributed by atoms with van der Waals surface area (Å²) in [5, 5.41) is 2.84. The van der Waals surface area contributed by atoms with Crippen LogP contribution in [0, 0.1) is 0 Å². The van der Waals surface area contributed by atoms with Crippen molar-refractivity contribution in [2.45, 2.75) is 19.8 Å². The molecule has 0 radical (unpaired) electrons. The standard InChI is InChI=1S/C21H26N4O3/c1-2-28-21(27)25-14-12-24(13-15-25)18-9-10-19(22-16-18)23-20(26)11-8-17-6-4-3-5-7-17/h3-7,9-10,16H,2,8,11-15H2,1H3,(H,22,23,26). The number of anilines is 2. The Morgan fingerprint density at radius 1 is 1.07 bits per heavy atom. The van der Waals surface area contributed by atoms with Gasteiger partial charge in [-0.1, -0.05) is 30.3 Å². The summed E-state index contributed by atoms with van der Waals surface area (Å²) in [6, 6.07) is 13.7. The van der Waals surface area contributed by atoms with Crippen molar-refractivity contribution in [3.05, 3.63) is 54.2 Å². The van der Waals surface area contributed by atoms with Crippen molar-refractivity contribution in [2.24, 2.45) is 0 Å². The van der Waals surface area contributed by atoms with Crippen LogP contribution in [0.15, 0.2) is 48.7 Å². The maximum atomic E-state index is 12.1. The van der Waals surface area contributed by atoms with Gasteiger partial charge in [-0.3, -0.25) is 4.79 Å². The number of aryl methyl sites for hydroxylation is 1. The number of ether oxygens (including phenoxy) is 1. The first kappa shape index (κ1) is 19.7. The summed E-state index contributed by atoms with van der Waals surface area (Å²) in [7, 11) is 0. The molecule has 28 heavy (non-hydrogen) atoms. The molecule has 3 rings (SSSR count). The van der Waals surface area contributed by atoms with Gasteiger partial charge in [0.1, 0.15) is 5.82 Å². The molecule has 1 saturated heterocycles. The van der Waals surface area contributed by atoms with E-state index < -0.39 is 0 Å². The number of nitrogens with one attached hydrogen (secondary N) is 1. The van der Waals surface area contributed by atoms with Gasteiger partial charge in [0, 0.05) is 32.6 Å². The van der Waals surface area contributed by atoms with Gasteiger partial charge in [0.05, 0.1) is 18.5 Å². The molecule has 0 aliphatic carbocycles. The summed E-state index contributed by atoms with van der Waals surface area (Å²) in [6.07, 6.45) is 2.62. The fourth-order valence-corrected chi connectivity index (χ4v) is 3.12. The molecular weight excluding hydrogens is 356 g/mol. The van der Waals surface area contributed by atoms with Gasteiger partial charge in [-0.2, -0.15) is 0 Å². The zero-order valence-electron chi connectivity index (χ0n) is 16.1. The van der Waals surface area contributed by atoms with Crippen LogP contribution in [-0.4, -0.2) is 54.7 Å². The van der Waals surface area contributed by atoms with E-state index in [2.05, 4.69) is 15.2 Å². The molecule has 0 unspecified atom stereocenters. The zero-order chi connectivity index (χ0) is 19.8. The summed E-state index contributed by atoms with van der Waals surface area (Å²) in [5.41, 5.74) is 2.12. The van der Waals surface area contributed by atoms with E-state index in [0.717, 1.165) is 24.3 Å². The molecule has 2 aromatic rings. The molecule has 148 valence electrons. The van der Waals surface area contributed by atoms with Gasteiger partial charge in [-0.15, -0.1) is 0 Å². The highest BCUT2D eigenvalue weighted by molar-refractivity contribution is 5.90. The third-order valence-electron chi connectivity index (χ3n) is 4.67. The Balaban J connectivity index is 1.46. The van der Waals surface area contributed by atoms with Gasteiger partial charge in [-0.25, -0.2) is 9.78 Å². The second-order valence-corrected chi connectivity index (χ2v) is 6.61. The number of piperazine rings is 1. The molecule has 0 spiro atoms. The van der Waals surface area contributed by atoms with Crippen LogP contribution in [0.4, 0.5) is 16.3 Å². The maximum Gasteiger partial charge on any atom is 0.409 e. The minimum atomic E-state index is -0.256. The number of carbonyl (C=O) groups is 2. The van der Waals surface area contributed by atoms with Crippen LogP contribution in [0.2, 0.25) is 0 Å². The van der Waals surface area contributed by atoms with Crippen LogP contribution in [0.1, 0.15) is 18.9 Å².